The highest BCUT2D eigenvalue weighted by atomic mass is 19.1. The number of carbonyl (C=O) groups is 1. The van der Waals surface area contributed by atoms with Gasteiger partial charge in [-0.3, -0.25) is 9.29 Å². The monoisotopic (exact) mass is 409 g/mol. The van der Waals surface area contributed by atoms with Gasteiger partial charge in [0.15, 0.2) is 0 Å². The van der Waals surface area contributed by atoms with Gasteiger partial charge in [-0.15, -0.1) is 0 Å². The van der Waals surface area contributed by atoms with Crippen LogP contribution in [0.1, 0.15) is 52.7 Å². The lowest BCUT2D eigenvalue weighted by Gasteiger charge is -2.17. The zero-order chi connectivity index (χ0) is 20.9. The van der Waals surface area contributed by atoms with E-state index in [0.29, 0.717) is 12.0 Å². The van der Waals surface area contributed by atoms with Crippen molar-refractivity contribution in [3.8, 4) is 5.75 Å². The molecule has 2 aromatic rings. The Balaban J connectivity index is 1.47. The maximum absolute atomic E-state index is 12.4. The van der Waals surface area contributed by atoms with Gasteiger partial charge in [-0.05, 0) is 78.6 Å². The van der Waals surface area contributed by atoms with Gasteiger partial charge in [0.1, 0.15) is 11.9 Å². The highest BCUT2D eigenvalue weighted by Crippen LogP contribution is 2.32. The number of alkyl halides is 1. The van der Waals surface area contributed by atoms with Crippen molar-refractivity contribution in [2.24, 2.45) is 0 Å². The van der Waals surface area contributed by atoms with Gasteiger partial charge in [-0.25, -0.2) is 4.79 Å². The fourth-order valence-electron chi connectivity index (χ4n) is 4.40. The van der Waals surface area contributed by atoms with E-state index in [1.54, 1.807) is 6.07 Å². The second kappa shape index (κ2) is 9.43. The van der Waals surface area contributed by atoms with Gasteiger partial charge >= 0.3 is 5.97 Å². The smallest absolute Gasteiger partial charge is 0.335 e. The van der Waals surface area contributed by atoms with Gasteiger partial charge in [-0.1, -0.05) is 24.3 Å². The molecule has 2 aromatic carbocycles. The van der Waals surface area contributed by atoms with Crippen molar-refractivity contribution >= 4 is 11.5 Å². The zero-order valence-corrected chi connectivity index (χ0v) is 17.1. The summed E-state index contributed by atoms with van der Waals surface area (Å²) in [5, 5.41) is 9.30. The van der Waals surface area contributed by atoms with Gasteiger partial charge in [0.25, 0.3) is 0 Å². The molecular weight excluding hydrogens is 381 g/mol. The Labute approximate surface area is 177 Å². The summed E-state index contributed by atoms with van der Waals surface area (Å²) in [4.78, 5) is 13.6. The van der Waals surface area contributed by atoms with Crippen molar-refractivity contribution in [1.82, 2.24) is 4.90 Å². The van der Waals surface area contributed by atoms with Crippen LogP contribution in [0.15, 0.2) is 48.5 Å². The molecule has 1 N–H and O–H groups in total. The van der Waals surface area contributed by atoms with Crippen LogP contribution in [0.25, 0.3) is 5.57 Å². The molecule has 0 amide bonds. The van der Waals surface area contributed by atoms with Gasteiger partial charge < -0.3 is 9.84 Å². The Kier molecular flexibility index (Phi) is 6.48. The van der Waals surface area contributed by atoms with Crippen LogP contribution < -0.4 is 4.74 Å². The summed E-state index contributed by atoms with van der Waals surface area (Å²) in [5.74, 6) is -0.0315. The topological polar surface area (TPSA) is 49.8 Å². The summed E-state index contributed by atoms with van der Waals surface area (Å²) in [6.07, 6.45) is 6.84. The maximum atomic E-state index is 12.4. The fraction of sp³-hybridized carbons (Fsp3) is 0.400. The van der Waals surface area contributed by atoms with Crippen LogP contribution in [0.5, 0.6) is 5.75 Å². The normalized spacial score (nSPS) is 19.1. The molecule has 0 aromatic heterocycles. The number of rotatable bonds is 7. The molecule has 5 heteroatoms. The van der Waals surface area contributed by atoms with Crippen molar-refractivity contribution in [2.75, 3.05) is 26.3 Å². The van der Waals surface area contributed by atoms with E-state index in [1.165, 1.54) is 0 Å². The Morgan fingerprint density at radius 3 is 2.80 bits per heavy atom. The first-order chi connectivity index (χ1) is 14.6. The van der Waals surface area contributed by atoms with Gasteiger partial charge in [0.2, 0.25) is 0 Å². The summed E-state index contributed by atoms with van der Waals surface area (Å²) in [6, 6.07) is 13.6. The average Bonchev–Trinajstić information content (AvgIpc) is 3.09. The first kappa shape index (κ1) is 20.6. The number of aromatic carboxylic acids is 1. The highest BCUT2D eigenvalue weighted by Gasteiger charge is 2.23. The number of hydrogen-bond donors (Lipinski definition) is 1. The Hall–Kier alpha value is -2.66. The lowest BCUT2D eigenvalue weighted by atomic mass is 9.92. The third-order valence-corrected chi connectivity index (χ3v) is 5.95. The molecule has 0 spiro atoms. The summed E-state index contributed by atoms with van der Waals surface area (Å²) in [7, 11) is 0. The molecule has 30 heavy (non-hydrogen) atoms. The number of nitrogens with zero attached hydrogens (tertiary/aromatic N) is 1. The predicted molar refractivity (Wildman–Crippen MR) is 116 cm³/mol. The molecule has 158 valence electrons. The van der Waals surface area contributed by atoms with E-state index in [4.69, 9.17) is 4.74 Å². The molecule has 1 fully saturated rings. The number of fused-ring (bicyclic) bond motifs is 1. The lowest BCUT2D eigenvalue weighted by molar-refractivity contribution is 0.0696. The van der Waals surface area contributed by atoms with Crippen LogP contribution >= 0.6 is 0 Å². The number of benzene rings is 2. The number of allylic oxidation sites excluding steroid dienone is 1. The van der Waals surface area contributed by atoms with Crippen molar-refractivity contribution in [3.63, 3.8) is 0 Å². The SMILES string of the molecule is O=C(O)c1ccc2c(c1)CCCC=C2c1ccc(O[C@H]2CCN(CCCF)C2)cc1. The fourth-order valence-corrected chi connectivity index (χ4v) is 4.40. The molecule has 1 aliphatic carbocycles. The summed E-state index contributed by atoms with van der Waals surface area (Å²) >= 11 is 0. The molecule has 1 atom stereocenters. The maximum Gasteiger partial charge on any atom is 0.335 e. The number of halogens is 1. The third kappa shape index (κ3) is 4.73. The van der Waals surface area contributed by atoms with Crippen LogP contribution in [0.2, 0.25) is 0 Å². The minimum Gasteiger partial charge on any atom is -0.489 e. The number of carboxylic acid groups (broad SMARTS) is 1. The largest absolute Gasteiger partial charge is 0.489 e. The van der Waals surface area contributed by atoms with Crippen LogP contribution in [0.4, 0.5) is 4.39 Å². The van der Waals surface area contributed by atoms with Crippen molar-refractivity contribution in [2.45, 2.75) is 38.2 Å². The molecule has 1 aliphatic heterocycles. The molecule has 1 heterocycles. The Morgan fingerprint density at radius 2 is 2.03 bits per heavy atom. The summed E-state index contributed by atoms with van der Waals surface area (Å²) in [6.45, 7) is 2.35. The molecule has 0 saturated carbocycles. The van der Waals surface area contributed by atoms with Gasteiger partial charge in [-0.2, -0.15) is 0 Å². The predicted octanol–water partition coefficient (Wildman–Crippen LogP) is 4.97. The second-order valence-corrected chi connectivity index (χ2v) is 8.08. The lowest BCUT2D eigenvalue weighted by Crippen LogP contribution is -2.26. The quantitative estimate of drug-likeness (QED) is 0.702. The van der Waals surface area contributed by atoms with Gasteiger partial charge in [0, 0.05) is 19.6 Å². The van der Waals surface area contributed by atoms with Crippen molar-refractivity contribution in [3.05, 3.63) is 70.8 Å². The highest BCUT2D eigenvalue weighted by molar-refractivity contribution is 5.90. The second-order valence-electron chi connectivity index (χ2n) is 8.08. The molecule has 0 unspecified atom stereocenters. The number of hydrogen-bond acceptors (Lipinski definition) is 3. The number of ether oxygens (including phenoxy) is 1. The standard InChI is InChI=1S/C25H28FNO3/c26-13-3-14-27-15-12-22(17-27)30-21-9-6-18(7-10-21)23-5-2-1-4-19-16-20(25(28)29)8-11-24(19)23/h5-11,16,22H,1-4,12-15,17H2,(H,28,29)/t22-/m0/s1. The number of likely N-dealkylation sites (tertiary alicyclic amines) is 1. The summed E-state index contributed by atoms with van der Waals surface area (Å²) in [5.41, 5.74) is 4.83. The number of carboxylic acids is 1. The van der Waals surface area contributed by atoms with Crippen LogP contribution in [-0.2, 0) is 6.42 Å². The van der Waals surface area contributed by atoms with Crippen molar-refractivity contribution < 1.29 is 19.0 Å². The first-order valence-corrected chi connectivity index (χ1v) is 10.8. The minimum atomic E-state index is -0.885. The van der Waals surface area contributed by atoms with E-state index in [9.17, 15) is 14.3 Å². The average molecular weight is 410 g/mol. The first-order valence-electron chi connectivity index (χ1n) is 10.8. The number of aryl methyl sites for hydroxylation is 1. The third-order valence-electron chi connectivity index (χ3n) is 5.95. The van der Waals surface area contributed by atoms with E-state index < -0.39 is 5.97 Å². The molecule has 0 bridgehead atoms. The zero-order valence-electron chi connectivity index (χ0n) is 17.1. The molecule has 0 radical (unpaired) electrons. The Morgan fingerprint density at radius 1 is 1.20 bits per heavy atom. The van der Waals surface area contributed by atoms with E-state index >= 15 is 0 Å². The molecule has 1 saturated heterocycles. The molecular formula is C25H28FNO3. The molecule has 4 rings (SSSR count). The van der Waals surface area contributed by atoms with Gasteiger partial charge in [0.05, 0.1) is 12.2 Å². The van der Waals surface area contributed by atoms with E-state index in [-0.39, 0.29) is 12.8 Å². The van der Waals surface area contributed by atoms with Crippen molar-refractivity contribution in [1.29, 1.82) is 0 Å². The summed E-state index contributed by atoms with van der Waals surface area (Å²) < 4.78 is 18.5. The van der Waals surface area contributed by atoms with Crippen LogP contribution in [0, 0.1) is 0 Å². The van der Waals surface area contributed by atoms with Crippen LogP contribution in [0.3, 0.4) is 0 Å². The van der Waals surface area contributed by atoms with E-state index in [1.807, 2.05) is 24.3 Å². The Bertz CT molecular complexity index is 922. The molecule has 2 aliphatic rings. The molecule has 4 nitrogen and oxygen atoms in total. The van der Waals surface area contributed by atoms with E-state index in [2.05, 4.69) is 23.1 Å². The van der Waals surface area contributed by atoms with Crippen LogP contribution in [-0.4, -0.2) is 48.4 Å². The van der Waals surface area contributed by atoms with E-state index in [0.717, 1.165) is 73.3 Å². The minimum absolute atomic E-state index is 0.155.